The summed E-state index contributed by atoms with van der Waals surface area (Å²) in [6.07, 6.45) is 1.75. The van der Waals surface area contributed by atoms with Gasteiger partial charge < -0.3 is 15.8 Å². The van der Waals surface area contributed by atoms with E-state index in [1.165, 1.54) is 13.2 Å². The molecule has 100 valence electrons. The van der Waals surface area contributed by atoms with E-state index in [0.29, 0.717) is 23.5 Å². The Morgan fingerprint density at radius 3 is 2.84 bits per heavy atom. The van der Waals surface area contributed by atoms with Crippen molar-refractivity contribution < 1.29 is 9.53 Å². The molecule has 5 nitrogen and oxygen atoms in total. The van der Waals surface area contributed by atoms with Crippen LogP contribution < -0.4 is 11.1 Å². The fourth-order valence-corrected chi connectivity index (χ4v) is 1.96. The number of halogens is 1. The van der Waals surface area contributed by atoms with Gasteiger partial charge in [0.15, 0.2) is 0 Å². The van der Waals surface area contributed by atoms with E-state index < -0.39 is 5.97 Å². The first kappa shape index (κ1) is 13.5. The van der Waals surface area contributed by atoms with Crippen LogP contribution in [0.1, 0.15) is 23.2 Å². The third-order valence-electron chi connectivity index (χ3n) is 3.26. The number of nitrogens with one attached hydrogen (secondary N) is 1. The molecule has 1 aliphatic rings. The lowest BCUT2D eigenvalue weighted by Crippen LogP contribution is -2.15. The standard InChI is InChI=1S/C13H14ClN3O2/c1-19-12(18)8-4-9(14)11(16)10(5-8)17-7-13(6-15)2-3-13/h4-5,17H,2-3,7,16H2,1H3. The van der Waals surface area contributed by atoms with E-state index in [2.05, 4.69) is 16.1 Å². The van der Waals surface area contributed by atoms with Crippen molar-refractivity contribution in [1.82, 2.24) is 0 Å². The average Bonchev–Trinajstić information content (AvgIpc) is 3.20. The molecule has 0 atom stereocenters. The molecule has 0 bridgehead atoms. The summed E-state index contributed by atoms with van der Waals surface area (Å²) in [6.45, 7) is 0.495. The number of nitrogens with zero attached hydrogens (tertiary/aromatic N) is 1. The van der Waals surface area contributed by atoms with Crippen LogP contribution in [0.2, 0.25) is 5.02 Å². The molecule has 0 heterocycles. The molecule has 0 amide bonds. The number of hydrogen-bond acceptors (Lipinski definition) is 5. The van der Waals surface area contributed by atoms with Crippen LogP contribution in [0.3, 0.4) is 0 Å². The first-order valence-electron chi connectivity index (χ1n) is 5.84. The molecule has 3 N–H and O–H groups in total. The largest absolute Gasteiger partial charge is 0.465 e. The van der Waals surface area contributed by atoms with Gasteiger partial charge in [-0.2, -0.15) is 5.26 Å². The monoisotopic (exact) mass is 279 g/mol. The van der Waals surface area contributed by atoms with Crippen molar-refractivity contribution in [1.29, 1.82) is 5.26 Å². The highest BCUT2D eigenvalue weighted by Gasteiger charge is 2.42. The number of nitrogen functional groups attached to an aromatic ring is 1. The molecule has 0 spiro atoms. The highest BCUT2D eigenvalue weighted by atomic mass is 35.5. The lowest BCUT2D eigenvalue weighted by molar-refractivity contribution is 0.0601. The van der Waals surface area contributed by atoms with Crippen LogP contribution in [-0.2, 0) is 4.74 Å². The van der Waals surface area contributed by atoms with Gasteiger partial charge in [-0.1, -0.05) is 11.6 Å². The van der Waals surface area contributed by atoms with Crippen molar-refractivity contribution in [2.75, 3.05) is 24.7 Å². The molecule has 1 aromatic rings. The van der Waals surface area contributed by atoms with Crippen molar-refractivity contribution >= 4 is 28.9 Å². The van der Waals surface area contributed by atoms with Gasteiger partial charge in [0.25, 0.3) is 0 Å². The molecule has 1 aromatic carbocycles. The summed E-state index contributed by atoms with van der Waals surface area (Å²) in [5.74, 6) is -0.480. The van der Waals surface area contributed by atoms with Crippen molar-refractivity contribution in [3.63, 3.8) is 0 Å². The van der Waals surface area contributed by atoms with E-state index in [-0.39, 0.29) is 10.4 Å². The zero-order valence-electron chi connectivity index (χ0n) is 10.5. The summed E-state index contributed by atoms with van der Waals surface area (Å²) < 4.78 is 4.65. The van der Waals surface area contributed by atoms with Crippen molar-refractivity contribution in [2.24, 2.45) is 5.41 Å². The zero-order chi connectivity index (χ0) is 14.0. The third-order valence-corrected chi connectivity index (χ3v) is 3.57. The molecule has 0 aromatic heterocycles. The molecule has 1 fully saturated rings. The van der Waals surface area contributed by atoms with Gasteiger partial charge in [0.1, 0.15) is 0 Å². The van der Waals surface area contributed by atoms with Gasteiger partial charge >= 0.3 is 5.97 Å². The normalized spacial score (nSPS) is 15.4. The zero-order valence-corrected chi connectivity index (χ0v) is 11.3. The molecule has 19 heavy (non-hydrogen) atoms. The summed E-state index contributed by atoms with van der Waals surface area (Å²) in [5.41, 5.74) is 6.79. The Balaban J connectivity index is 2.21. The Morgan fingerprint density at radius 2 is 2.32 bits per heavy atom. The van der Waals surface area contributed by atoms with E-state index in [9.17, 15) is 4.79 Å². The summed E-state index contributed by atoms with van der Waals surface area (Å²) in [7, 11) is 1.30. The number of ether oxygens (including phenoxy) is 1. The van der Waals surface area contributed by atoms with E-state index >= 15 is 0 Å². The second kappa shape index (κ2) is 4.98. The Bertz CT molecular complexity index is 562. The van der Waals surface area contributed by atoms with Gasteiger partial charge in [0.05, 0.1) is 40.6 Å². The summed E-state index contributed by atoms with van der Waals surface area (Å²) in [5, 5.41) is 12.4. The van der Waals surface area contributed by atoms with Gasteiger partial charge in [-0.15, -0.1) is 0 Å². The fraction of sp³-hybridized carbons (Fsp3) is 0.385. The lowest BCUT2D eigenvalue weighted by Gasteiger charge is -2.14. The van der Waals surface area contributed by atoms with Gasteiger partial charge in [-0.05, 0) is 25.0 Å². The van der Waals surface area contributed by atoms with E-state index in [0.717, 1.165) is 12.8 Å². The van der Waals surface area contributed by atoms with Crippen LogP contribution in [-0.4, -0.2) is 19.6 Å². The average molecular weight is 280 g/mol. The Hall–Kier alpha value is -1.93. The minimum absolute atomic E-state index is 0.284. The van der Waals surface area contributed by atoms with Crippen molar-refractivity contribution in [2.45, 2.75) is 12.8 Å². The predicted molar refractivity (Wildman–Crippen MR) is 73.0 cm³/mol. The molecule has 1 aliphatic carbocycles. The molecule has 1 saturated carbocycles. The predicted octanol–water partition coefficient (Wildman–Crippen LogP) is 2.42. The summed E-state index contributed by atoms with van der Waals surface area (Å²) in [6, 6.07) is 5.32. The Kier molecular flexibility index (Phi) is 3.54. The van der Waals surface area contributed by atoms with Crippen LogP contribution in [0.25, 0.3) is 0 Å². The number of esters is 1. The van der Waals surface area contributed by atoms with Crippen LogP contribution in [0.5, 0.6) is 0 Å². The first-order valence-corrected chi connectivity index (χ1v) is 6.21. The minimum atomic E-state index is -0.480. The third kappa shape index (κ3) is 2.74. The number of methoxy groups -OCH3 is 1. The number of carbonyl (C=O) groups excluding carboxylic acids is 1. The highest BCUT2D eigenvalue weighted by molar-refractivity contribution is 6.34. The van der Waals surface area contributed by atoms with E-state index in [4.69, 9.17) is 22.6 Å². The van der Waals surface area contributed by atoms with Crippen LogP contribution >= 0.6 is 11.6 Å². The Labute approximate surface area is 116 Å². The minimum Gasteiger partial charge on any atom is -0.465 e. The maximum Gasteiger partial charge on any atom is 0.337 e. The molecule has 6 heteroatoms. The van der Waals surface area contributed by atoms with Gasteiger partial charge in [0.2, 0.25) is 0 Å². The molecule has 0 aliphatic heterocycles. The maximum atomic E-state index is 11.5. The van der Waals surface area contributed by atoms with Crippen molar-refractivity contribution in [3.8, 4) is 6.07 Å². The summed E-state index contributed by atoms with van der Waals surface area (Å²) >= 11 is 5.98. The maximum absolute atomic E-state index is 11.5. The summed E-state index contributed by atoms with van der Waals surface area (Å²) in [4.78, 5) is 11.5. The number of rotatable bonds is 4. The highest BCUT2D eigenvalue weighted by Crippen LogP contribution is 2.45. The van der Waals surface area contributed by atoms with E-state index in [1.54, 1.807) is 6.07 Å². The second-order valence-corrected chi connectivity index (χ2v) is 5.06. The molecule has 0 saturated heterocycles. The first-order chi connectivity index (χ1) is 9.01. The lowest BCUT2D eigenvalue weighted by atomic mass is 10.1. The Morgan fingerprint density at radius 1 is 1.63 bits per heavy atom. The molecular formula is C13H14ClN3O2. The van der Waals surface area contributed by atoms with Gasteiger partial charge in [-0.3, -0.25) is 0 Å². The smallest absolute Gasteiger partial charge is 0.337 e. The number of hydrogen-bond donors (Lipinski definition) is 2. The number of carbonyl (C=O) groups is 1. The number of nitrogens with two attached hydrogens (primary N) is 1. The van der Waals surface area contributed by atoms with Gasteiger partial charge in [0, 0.05) is 6.54 Å². The molecular weight excluding hydrogens is 266 g/mol. The van der Waals surface area contributed by atoms with Crippen LogP contribution in [0.4, 0.5) is 11.4 Å². The second-order valence-electron chi connectivity index (χ2n) is 4.66. The van der Waals surface area contributed by atoms with Crippen LogP contribution in [0, 0.1) is 16.7 Å². The quantitative estimate of drug-likeness (QED) is 0.653. The van der Waals surface area contributed by atoms with Crippen LogP contribution in [0.15, 0.2) is 12.1 Å². The van der Waals surface area contributed by atoms with E-state index in [1.807, 2.05) is 0 Å². The molecule has 0 radical (unpaired) electrons. The number of anilines is 2. The fourth-order valence-electron chi connectivity index (χ4n) is 1.74. The van der Waals surface area contributed by atoms with Gasteiger partial charge in [-0.25, -0.2) is 4.79 Å². The number of nitriles is 1. The molecule has 2 rings (SSSR count). The molecule has 0 unspecified atom stereocenters. The SMILES string of the molecule is COC(=O)c1cc(Cl)c(N)c(NCC2(C#N)CC2)c1. The number of benzene rings is 1. The topological polar surface area (TPSA) is 88.1 Å². The van der Waals surface area contributed by atoms with Crippen molar-refractivity contribution in [3.05, 3.63) is 22.7 Å².